The lowest BCUT2D eigenvalue weighted by Gasteiger charge is -2.13. The summed E-state index contributed by atoms with van der Waals surface area (Å²) >= 11 is 0. The molecule has 1 aliphatic rings. The molecule has 3 amide bonds. The first-order chi connectivity index (χ1) is 6.61. The van der Waals surface area contributed by atoms with E-state index >= 15 is 0 Å². The molecule has 1 saturated heterocycles. The van der Waals surface area contributed by atoms with Crippen LogP contribution in [0.3, 0.4) is 0 Å². The molecule has 0 spiro atoms. The number of hydrogen-bond donors (Lipinski definition) is 3. The quantitative estimate of drug-likeness (QED) is 0.505. The summed E-state index contributed by atoms with van der Waals surface area (Å²) in [5, 5.41) is 4.52. The number of hydrogen-bond acceptors (Lipinski definition) is 4. The Hall–Kier alpha value is -1.14. The molecule has 14 heavy (non-hydrogen) atoms. The summed E-state index contributed by atoms with van der Waals surface area (Å²) in [5.74, 6) is -0.293. The van der Waals surface area contributed by atoms with Crippen molar-refractivity contribution in [2.24, 2.45) is 5.73 Å². The molecule has 1 rings (SSSR count). The molecule has 0 aliphatic carbocycles. The fraction of sp³-hybridized carbons (Fsp3) is 0.750. The van der Waals surface area contributed by atoms with Gasteiger partial charge in [0.1, 0.15) is 0 Å². The smallest absolute Gasteiger partial charge is 0.321 e. The van der Waals surface area contributed by atoms with E-state index in [1.54, 1.807) is 0 Å². The topological polar surface area (TPSA) is 87.5 Å². The molecule has 1 heterocycles. The van der Waals surface area contributed by atoms with Gasteiger partial charge in [0.25, 0.3) is 0 Å². The number of nitrogens with zero attached hydrogens (tertiary/aromatic N) is 1. The summed E-state index contributed by atoms with van der Waals surface area (Å²) in [7, 11) is 1.47. The first kappa shape index (κ1) is 10.9. The van der Waals surface area contributed by atoms with Crippen molar-refractivity contribution >= 4 is 11.9 Å². The molecule has 1 atom stereocenters. The Bertz CT molecular complexity index is 231. The molecule has 0 bridgehead atoms. The standard InChI is InChI=1S/C8H16N4O2/c1-10-8(14)11-7(13)5-12-3-2-6(9)4-12/h6H,2-5,9H2,1H3,(H2,10,11,13,14)/t6-/m1/s1. The number of nitrogens with two attached hydrogens (primary N) is 1. The van der Waals surface area contributed by atoms with Crippen LogP contribution in [0.25, 0.3) is 0 Å². The molecule has 0 radical (unpaired) electrons. The third-order valence-corrected chi connectivity index (χ3v) is 2.16. The predicted octanol–water partition coefficient (Wildman–Crippen LogP) is -1.52. The van der Waals surface area contributed by atoms with E-state index in [0.29, 0.717) is 0 Å². The minimum Gasteiger partial charge on any atom is -0.341 e. The van der Waals surface area contributed by atoms with E-state index in [1.807, 2.05) is 4.90 Å². The highest BCUT2D eigenvalue weighted by molar-refractivity contribution is 5.95. The molecule has 0 aromatic heterocycles. The van der Waals surface area contributed by atoms with Gasteiger partial charge in [-0.05, 0) is 6.42 Å². The van der Waals surface area contributed by atoms with Crippen LogP contribution in [0, 0.1) is 0 Å². The summed E-state index contributed by atoms with van der Waals surface area (Å²) in [5.41, 5.74) is 5.68. The molecule has 1 fully saturated rings. The van der Waals surface area contributed by atoms with Crippen molar-refractivity contribution in [1.29, 1.82) is 0 Å². The summed E-state index contributed by atoms with van der Waals surface area (Å²) in [6.45, 7) is 1.78. The highest BCUT2D eigenvalue weighted by atomic mass is 16.2. The van der Waals surface area contributed by atoms with Crippen molar-refractivity contribution in [1.82, 2.24) is 15.5 Å². The third-order valence-electron chi connectivity index (χ3n) is 2.16. The van der Waals surface area contributed by atoms with Gasteiger partial charge in [0, 0.05) is 26.2 Å². The average Bonchev–Trinajstić information content (AvgIpc) is 2.50. The van der Waals surface area contributed by atoms with Crippen LogP contribution in [0.1, 0.15) is 6.42 Å². The van der Waals surface area contributed by atoms with Crippen LogP contribution in [0.4, 0.5) is 4.79 Å². The van der Waals surface area contributed by atoms with Gasteiger partial charge < -0.3 is 11.1 Å². The number of amides is 3. The number of carbonyl (C=O) groups excluding carboxylic acids is 2. The molecule has 80 valence electrons. The lowest BCUT2D eigenvalue weighted by atomic mass is 10.3. The Kier molecular flexibility index (Phi) is 3.84. The van der Waals surface area contributed by atoms with Crippen molar-refractivity contribution in [3.63, 3.8) is 0 Å². The van der Waals surface area contributed by atoms with Crippen LogP contribution in [0.5, 0.6) is 0 Å². The van der Waals surface area contributed by atoms with E-state index in [0.717, 1.165) is 19.5 Å². The number of nitrogens with one attached hydrogen (secondary N) is 2. The van der Waals surface area contributed by atoms with E-state index < -0.39 is 6.03 Å². The van der Waals surface area contributed by atoms with Crippen LogP contribution < -0.4 is 16.4 Å². The second-order valence-corrected chi connectivity index (χ2v) is 3.41. The largest absolute Gasteiger partial charge is 0.341 e. The lowest BCUT2D eigenvalue weighted by molar-refractivity contribution is -0.120. The van der Waals surface area contributed by atoms with Crippen LogP contribution in [0.15, 0.2) is 0 Å². The van der Waals surface area contributed by atoms with Gasteiger partial charge in [0.15, 0.2) is 0 Å². The number of rotatable bonds is 2. The summed E-state index contributed by atoms with van der Waals surface area (Å²) in [6, 6.07) is -0.318. The summed E-state index contributed by atoms with van der Waals surface area (Å²) in [6.07, 6.45) is 0.910. The van der Waals surface area contributed by atoms with Crippen LogP contribution in [-0.2, 0) is 4.79 Å². The number of likely N-dealkylation sites (tertiary alicyclic amines) is 1. The Labute approximate surface area is 82.8 Å². The van der Waals surface area contributed by atoms with Gasteiger partial charge in [-0.25, -0.2) is 4.79 Å². The molecule has 0 aromatic carbocycles. The van der Waals surface area contributed by atoms with Gasteiger partial charge in [-0.1, -0.05) is 0 Å². The van der Waals surface area contributed by atoms with Crippen molar-refractivity contribution in [3.05, 3.63) is 0 Å². The molecule has 1 aliphatic heterocycles. The zero-order chi connectivity index (χ0) is 10.6. The molecule has 0 saturated carbocycles. The SMILES string of the molecule is CNC(=O)NC(=O)CN1CC[C@@H](N)C1. The highest BCUT2D eigenvalue weighted by Crippen LogP contribution is 2.05. The molecular formula is C8H16N4O2. The maximum Gasteiger partial charge on any atom is 0.321 e. The first-order valence-electron chi connectivity index (χ1n) is 4.61. The average molecular weight is 200 g/mol. The van der Waals surface area contributed by atoms with Gasteiger partial charge in [-0.3, -0.25) is 15.0 Å². The Morgan fingerprint density at radius 3 is 2.79 bits per heavy atom. The molecule has 6 heteroatoms. The number of carbonyl (C=O) groups is 2. The van der Waals surface area contributed by atoms with E-state index in [1.165, 1.54) is 7.05 Å². The number of urea groups is 1. The van der Waals surface area contributed by atoms with Gasteiger partial charge >= 0.3 is 6.03 Å². The second kappa shape index (κ2) is 4.92. The van der Waals surface area contributed by atoms with Crippen molar-refractivity contribution in [3.8, 4) is 0 Å². The molecule has 6 nitrogen and oxygen atoms in total. The Balaban J connectivity index is 2.23. The summed E-state index contributed by atoms with van der Waals surface area (Å²) < 4.78 is 0. The predicted molar refractivity (Wildman–Crippen MR) is 51.6 cm³/mol. The molecule has 0 unspecified atom stereocenters. The number of imide groups is 1. The van der Waals surface area contributed by atoms with Crippen molar-refractivity contribution in [2.45, 2.75) is 12.5 Å². The minimum absolute atomic E-state index is 0.155. The van der Waals surface area contributed by atoms with Crippen LogP contribution >= 0.6 is 0 Å². The van der Waals surface area contributed by atoms with Crippen molar-refractivity contribution in [2.75, 3.05) is 26.7 Å². The van der Waals surface area contributed by atoms with Gasteiger partial charge in [-0.2, -0.15) is 0 Å². The van der Waals surface area contributed by atoms with Crippen molar-refractivity contribution < 1.29 is 9.59 Å². The zero-order valence-corrected chi connectivity index (χ0v) is 8.25. The monoisotopic (exact) mass is 200 g/mol. The molecule has 4 N–H and O–H groups in total. The molecular weight excluding hydrogens is 184 g/mol. The normalized spacial score (nSPS) is 22.0. The van der Waals surface area contributed by atoms with Gasteiger partial charge in [0.2, 0.25) is 5.91 Å². The van der Waals surface area contributed by atoms with Crippen LogP contribution in [-0.4, -0.2) is 49.6 Å². The maximum atomic E-state index is 11.2. The van der Waals surface area contributed by atoms with Crippen LogP contribution in [0.2, 0.25) is 0 Å². The minimum atomic E-state index is -0.474. The van der Waals surface area contributed by atoms with E-state index in [2.05, 4.69) is 10.6 Å². The fourth-order valence-electron chi connectivity index (χ4n) is 1.44. The van der Waals surface area contributed by atoms with E-state index in [9.17, 15) is 9.59 Å². The Morgan fingerprint density at radius 1 is 1.57 bits per heavy atom. The lowest BCUT2D eigenvalue weighted by Crippen LogP contribution is -2.43. The zero-order valence-electron chi connectivity index (χ0n) is 8.25. The van der Waals surface area contributed by atoms with E-state index in [4.69, 9.17) is 5.73 Å². The summed E-state index contributed by atoms with van der Waals surface area (Å²) in [4.78, 5) is 23.9. The highest BCUT2D eigenvalue weighted by Gasteiger charge is 2.21. The van der Waals surface area contributed by atoms with E-state index in [-0.39, 0.29) is 18.5 Å². The first-order valence-corrected chi connectivity index (χ1v) is 4.61. The fourth-order valence-corrected chi connectivity index (χ4v) is 1.44. The maximum absolute atomic E-state index is 11.2. The Morgan fingerprint density at radius 2 is 2.29 bits per heavy atom. The van der Waals surface area contributed by atoms with Gasteiger partial charge in [-0.15, -0.1) is 0 Å². The third kappa shape index (κ3) is 3.31. The van der Waals surface area contributed by atoms with Gasteiger partial charge in [0.05, 0.1) is 6.54 Å². The molecule has 0 aromatic rings. The second-order valence-electron chi connectivity index (χ2n) is 3.41.